The lowest BCUT2D eigenvalue weighted by molar-refractivity contribution is -0.124. The second-order valence-corrected chi connectivity index (χ2v) is 8.99. The zero-order valence-corrected chi connectivity index (χ0v) is 16.9. The number of sulfonamides is 1. The number of piperazine rings is 1. The molecule has 2 N–H and O–H groups in total. The van der Waals surface area contributed by atoms with Gasteiger partial charge in [-0.1, -0.05) is 55.8 Å². The van der Waals surface area contributed by atoms with Gasteiger partial charge in [-0.15, -0.1) is 0 Å². The van der Waals surface area contributed by atoms with E-state index < -0.39 is 22.0 Å². The molecule has 1 aliphatic heterocycles. The molecule has 6 nitrogen and oxygen atoms in total. The maximum absolute atomic E-state index is 13.0. The monoisotopic (exact) mass is 401 g/mol. The predicted octanol–water partition coefficient (Wildman–Crippen LogP) is 2.17. The van der Waals surface area contributed by atoms with E-state index in [1.54, 1.807) is 12.1 Å². The summed E-state index contributed by atoms with van der Waals surface area (Å²) in [5, 5.41) is 0. The fourth-order valence-corrected chi connectivity index (χ4v) is 5.08. The Kier molecular flexibility index (Phi) is 6.49. The largest absolute Gasteiger partial charge is 0.368 e. The molecule has 2 aromatic rings. The Morgan fingerprint density at radius 2 is 1.61 bits per heavy atom. The van der Waals surface area contributed by atoms with Gasteiger partial charge in [-0.3, -0.25) is 9.69 Å². The molecule has 0 saturated carbocycles. The van der Waals surface area contributed by atoms with Crippen molar-refractivity contribution in [2.24, 2.45) is 5.73 Å². The van der Waals surface area contributed by atoms with E-state index in [1.165, 1.54) is 4.31 Å². The van der Waals surface area contributed by atoms with Crippen LogP contribution in [0.3, 0.4) is 0 Å². The molecule has 3 rings (SSSR count). The molecule has 1 unspecified atom stereocenters. The zero-order valence-electron chi connectivity index (χ0n) is 16.1. The molecule has 1 amide bonds. The van der Waals surface area contributed by atoms with Crippen LogP contribution in [0.15, 0.2) is 59.5 Å². The fourth-order valence-electron chi connectivity index (χ4n) is 3.66. The molecule has 0 bridgehead atoms. The van der Waals surface area contributed by atoms with Crippen molar-refractivity contribution in [1.29, 1.82) is 0 Å². The Bertz CT molecular complexity index is 890. The van der Waals surface area contributed by atoms with Gasteiger partial charge < -0.3 is 5.73 Å². The lowest BCUT2D eigenvalue weighted by atomic mass is 10.0. The highest BCUT2D eigenvalue weighted by Gasteiger charge is 2.33. The van der Waals surface area contributed by atoms with Crippen molar-refractivity contribution in [3.05, 3.63) is 65.7 Å². The number of nitrogens with zero attached hydrogens (tertiary/aromatic N) is 2. The molecule has 1 saturated heterocycles. The zero-order chi connectivity index (χ0) is 20.1. The minimum absolute atomic E-state index is 0.315. The number of hydrogen-bond donors (Lipinski definition) is 1. The molecule has 28 heavy (non-hydrogen) atoms. The maximum atomic E-state index is 13.0. The average molecular weight is 402 g/mol. The maximum Gasteiger partial charge on any atom is 0.243 e. The van der Waals surface area contributed by atoms with Crippen molar-refractivity contribution in [2.45, 2.75) is 30.7 Å². The third kappa shape index (κ3) is 4.43. The summed E-state index contributed by atoms with van der Waals surface area (Å²) in [6, 6.07) is 16.0. The highest BCUT2D eigenvalue weighted by molar-refractivity contribution is 7.89. The van der Waals surface area contributed by atoms with Crippen molar-refractivity contribution in [3.63, 3.8) is 0 Å². The van der Waals surface area contributed by atoms with Crippen LogP contribution < -0.4 is 5.73 Å². The lowest BCUT2D eigenvalue weighted by Crippen LogP contribution is -2.51. The van der Waals surface area contributed by atoms with Crippen molar-refractivity contribution in [2.75, 3.05) is 26.2 Å². The quantitative estimate of drug-likeness (QED) is 0.771. The summed E-state index contributed by atoms with van der Waals surface area (Å²) in [7, 11) is -3.54. The Morgan fingerprint density at radius 3 is 2.14 bits per heavy atom. The van der Waals surface area contributed by atoms with Gasteiger partial charge in [0.1, 0.15) is 6.04 Å². The van der Waals surface area contributed by atoms with Crippen LogP contribution in [0, 0.1) is 0 Å². The first-order chi connectivity index (χ1) is 13.4. The van der Waals surface area contributed by atoms with Gasteiger partial charge in [0, 0.05) is 26.2 Å². The van der Waals surface area contributed by atoms with Crippen LogP contribution in [0.25, 0.3) is 0 Å². The number of hydrogen-bond acceptors (Lipinski definition) is 4. The van der Waals surface area contributed by atoms with E-state index >= 15 is 0 Å². The van der Waals surface area contributed by atoms with Crippen molar-refractivity contribution >= 4 is 15.9 Å². The van der Waals surface area contributed by atoms with Crippen LogP contribution in [-0.4, -0.2) is 49.7 Å². The number of carbonyl (C=O) groups is 1. The van der Waals surface area contributed by atoms with Gasteiger partial charge in [0.15, 0.2) is 0 Å². The van der Waals surface area contributed by atoms with Crippen molar-refractivity contribution in [1.82, 2.24) is 9.21 Å². The van der Waals surface area contributed by atoms with Crippen LogP contribution in [0.4, 0.5) is 0 Å². The fraction of sp³-hybridized carbons (Fsp3) is 0.381. The first-order valence-corrected chi connectivity index (χ1v) is 11.0. The third-order valence-electron chi connectivity index (χ3n) is 5.12. The van der Waals surface area contributed by atoms with Gasteiger partial charge in [0.2, 0.25) is 15.9 Å². The lowest BCUT2D eigenvalue weighted by Gasteiger charge is -2.37. The number of amides is 1. The first-order valence-electron chi connectivity index (χ1n) is 9.61. The number of primary amides is 1. The van der Waals surface area contributed by atoms with E-state index in [-0.39, 0.29) is 0 Å². The SMILES string of the molecule is CCCc1ccc(S(=O)(=O)N2CCN(C(C(N)=O)c3ccccc3)CC2)cc1. The smallest absolute Gasteiger partial charge is 0.243 e. The summed E-state index contributed by atoms with van der Waals surface area (Å²) in [4.78, 5) is 14.3. The van der Waals surface area contributed by atoms with Gasteiger partial charge in [-0.05, 0) is 29.7 Å². The first kappa shape index (κ1) is 20.5. The van der Waals surface area contributed by atoms with Crippen molar-refractivity contribution in [3.8, 4) is 0 Å². The normalized spacial score (nSPS) is 17.3. The van der Waals surface area contributed by atoms with Gasteiger partial charge in [0.25, 0.3) is 0 Å². The molecule has 150 valence electrons. The minimum Gasteiger partial charge on any atom is -0.368 e. The van der Waals surface area contributed by atoms with Gasteiger partial charge in [-0.2, -0.15) is 4.31 Å². The summed E-state index contributed by atoms with van der Waals surface area (Å²) in [6.45, 7) is 3.66. The molecule has 1 atom stereocenters. The average Bonchev–Trinajstić information content (AvgIpc) is 2.70. The van der Waals surface area contributed by atoms with Crippen LogP contribution in [0.1, 0.15) is 30.5 Å². The molecular weight excluding hydrogens is 374 g/mol. The van der Waals surface area contributed by atoms with Gasteiger partial charge in [-0.25, -0.2) is 8.42 Å². The highest BCUT2D eigenvalue weighted by Crippen LogP contribution is 2.24. The molecule has 1 aliphatic rings. The molecule has 0 radical (unpaired) electrons. The Hall–Kier alpha value is -2.22. The standard InChI is InChI=1S/C21H27N3O3S/c1-2-6-17-9-11-19(12-10-17)28(26,27)24-15-13-23(14-16-24)20(21(22)25)18-7-4-3-5-8-18/h3-5,7-12,20H,2,6,13-16H2,1H3,(H2,22,25). The molecule has 0 aliphatic carbocycles. The van der Waals surface area contributed by atoms with E-state index in [4.69, 9.17) is 5.73 Å². The van der Waals surface area contributed by atoms with Crippen LogP contribution in [-0.2, 0) is 21.2 Å². The summed E-state index contributed by atoms with van der Waals surface area (Å²) in [6.07, 6.45) is 1.96. The van der Waals surface area contributed by atoms with Crippen molar-refractivity contribution < 1.29 is 13.2 Å². The summed E-state index contributed by atoms with van der Waals surface area (Å²) < 4.78 is 27.4. The predicted molar refractivity (Wildman–Crippen MR) is 109 cm³/mol. The third-order valence-corrected chi connectivity index (χ3v) is 7.04. The van der Waals surface area contributed by atoms with Crippen LogP contribution >= 0.6 is 0 Å². The second-order valence-electron chi connectivity index (χ2n) is 7.05. The topological polar surface area (TPSA) is 83.7 Å². The molecular formula is C21H27N3O3S. The summed E-state index contributed by atoms with van der Waals surface area (Å²) >= 11 is 0. The van der Waals surface area contributed by atoms with Crippen LogP contribution in [0.5, 0.6) is 0 Å². The number of rotatable bonds is 7. The number of benzene rings is 2. The van der Waals surface area contributed by atoms with E-state index in [0.29, 0.717) is 31.1 Å². The van der Waals surface area contributed by atoms with Gasteiger partial charge in [0.05, 0.1) is 4.90 Å². The molecule has 7 heteroatoms. The summed E-state index contributed by atoms with van der Waals surface area (Å²) in [5.74, 6) is -0.422. The molecule has 0 aromatic heterocycles. The van der Waals surface area contributed by atoms with Crippen LogP contribution in [0.2, 0.25) is 0 Å². The Morgan fingerprint density at radius 1 is 1.00 bits per heavy atom. The van der Waals surface area contributed by atoms with E-state index in [9.17, 15) is 13.2 Å². The number of nitrogens with two attached hydrogens (primary N) is 1. The minimum atomic E-state index is -3.54. The van der Waals surface area contributed by atoms with E-state index in [0.717, 1.165) is 24.0 Å². The van der Waals surface area contributed by atoms with Gasteiger partial charge >= 0.3 is 0 Å². The summed E-state index contributed by atoms with van der Waals surface area (Å²) in [5.41, 5.74) is 7.61. The number of aryl methyl sites for hydroxylation is 1. The second kappa shape index (κ2) is 8.86. The number of carbonyl (C=O) groups excluding carboxylic acids is 1. The van der Waals surface area contributed by atoms with E-state index in [1.807, 2.05) is 47.4 Å². The molecule has 1 fully saturated rings. The highest BCUT2D eigenvalue weighted by atomic mass is 32.2. The Balaban J connectivity index is 1.70. The molecule has 1 heterocycles. The molecule has 2 aromatic carbocycles. The van der Waals surface area contributed by atoms with E-state index in [2.05, 4.69) is 6.92 Å². The Labute approximate surface area is 167 Å². The molecule has 0 spiro atoms.